The molecule has 0 aromatic heterocycles. The normalized spacial score (nSPS) is 21.8. The van der Waals surface area contributed by atoms with Crippen LogP contribution in [0.25, 0.3) is 11.1 Å². The first-order valence-corrected chi connectivity index (χ1v) is 8.41. The monoisotopic (exact) mass is 295 g/mol. The van der Waals surface area contributed by atoms with Crippen molar-refractivity contribution in [2.45, 2.75) is 38.1 Å². The molecule has 1 heterocycles. The molecule has 1 aliphatic heterocycles. The van der Waals surface area contributed by atoms with Crippen molar-refractivity contribution in [3.8, 4) is 11.1 Å². The SMILES string of the molecule is Fc1cccc(-c2ccc3c(c2)CCC(N2CCCC2)C3)c1. The summed E-state index contributed by atoms with van der Waals surface area (Å²) in [6.07, 6.45) is 6.32. The molecular weight excluding hydrogens is 273 g/mol. The molecule has 1 nitrogen and oxygen atoms in total. The van der Waals surface area contributed by atoms with E-state index in [0.717, 1.165) is 23.6 Å². The van der Waals surface area contributed by atoms with Crippen LogP contribution in [0.4, 0.5) is 4.39 Å². The molecule has 1 fully saturated rings. The third-order valence-corrected chi connectivity index (χ3v) is 5.22. The predicted molar refractivity (Wildman–Crippen MR) is 88.5 cm³/mol. The number of nitrogens with zero attached hydrogens (tertiary/aromatic N) is 1. The molecule has 1 aliphatic carbocycles. The number of fused-ring (bicyclic) bond motifs is 1. The van der Waals surface area contributed by atoms with E-state index in [9.17, 15) is 4.39 Å². The van der Waals surface area contributed by atoms with Crippen molar-refractivity contribution >= 4 is 0 Å². The van der Waals surface area contributed by atoms with Gasteiger partial charge in [-0.2, -0.15) is 0 Å². The van der Waals surface area contributed by atoms with Crippen molar-refractivity contribution in [3.05, 3.63) is 59.4 Å². The van der Waals surface area contributed by atoms with Crippen molar-refractivity contribution < 1.29 is 4.39 Å². The van der Waals surface area contributed by atoms with E-state index in [1.807, 2.05) is 6.07 Å². The van der Waals surface area contributed by atoms with E-state index < -0.39 is 0 Å². The van der Waals surface area contributed by atoms with Gasteiger partial charge in [-0.15, -0.1) is 0 Å². The largest absolute Gasteiger partial charge is 0.300 e. The minimum Gasteiger partial charge on any atom is -0.300 e. The van der Waals surface area contributed by atoms with Crippen LogP contribution in [0.2, 0.25) is 0 Å². The van der Waals surface area contributed by atoms with E-state index in [2.05, 4.69) is 23.1 Å². The molecule has 1 saturated heterocycles. The molecule has 2 aromatic carbocycles. The molecule has 0 amide bonds. The molecule has 2 aromatic rings. The fourth-order valence-corrected chi connectivity index (χ4v) is 4.00. The first-order valence-electron chi connectivity index (χ1n) is 8.41. The molecule has 22 heavy (non-hydrogen) atoms. The van der Waals surface area contributed by atoms with Gasteiger partial charge in [0, 0.05) is 6.04 Å². The van der Waals surface area contributed by atoms with Gasteiger partial charge in [-0.05, 0) is 79.6 Å². The zero-order chi connectivity index (χ0) is 14.9. The van der Waals surface area contributed by atoms with Crippen LogP contribution < -0.4 is 0 Å². The summed E-state index contributed by atoms with van der Waals surface area (Å²) in [5.41, 5.74) is 5.06. The third-order valence-electron chi connectivity index (χ3n) is 5.22. The molecule has 0 saturated carbocycles. The highest BCUT2D eigenvalue weighted by Crippen LogP contribution is 2.30. The number of halogens is 1. The Balaban J connectivity index is 1.58. The van der Waals surface area contributed by atoms with Crippen LogP contribution in [0, 0.1) is 5.82 Å². The average molecular weight is 295 g/mol. The fourth-order valence-electron chi connectivity index (χ4n) is 4.00. The molecule has 1 atom stereocenters. The molecule has 0 bridgehead atoms. The molecule has 0 spiro atoms. The number of benzene rings is 2. The van der Waals surface area contributed by atoms with Crippen molar-refractivity contribution in [2.75, 3.05) is 13.1 Å². The van der Waals surface area contributed by atoms with Gasteiger partial charge < -0.3 is 4.90 Å². The molecule has 0 N–H and O–H groups in total. The van der Waals surface area contributed by atoms with Gasteiger partial charge in [0.25, 0.3) is 0 Å². The lowest BCUT2D eigenvalue weighted by atomic mass is 9.85. The zero-order valence-electron chi connectivity index (χ0n) is 12.9. The Morgan fingerprint density at radius 3 is 2.55 bits per heavy atom. The molecule has 114 valence electrons. The molecule has 0 radical (unpaired) electrons. The minimum absolute atomic E-state index is 0.163. The molecule has 4 rings (SSSR count). The number of likely N-dealkylation sites (tertiary alicyclic amines) is 1. The number of rotatable bonds is 2. The summed E-state index contributed by atoms with van der Waals surface area (Å²) in [4.78, 5) is 2.67. The Hall–Kier alpha value is -1.67. The van der Waals surface area contributed by atoms with Crippen LogP contribution in [0.15, 0.2) is 42.5 Å². The number of aryl methyl sites for hydroxylation is 1. The van der Waals surface area contributed by atoms with Gasteiger partial charge in [0.15, 0.2) is 0 Å². The van der Waals surface area contributed by atoms with Crippen LogP contribution in [-0.4, -0.2) is 24.0 Å². The Morgan fingerprint density at radius 1 is 0.909 bits per heavy atom. The van der Waals surface area contributed by atoms with Gasteiger partial charge in [0.05, 0.1) is 0 Å². The molecule has 2 aliphatic rings. The van der Waals surface area contributed by atoms with Crippen molar-refractivity contribution in [1.29, 1.82) is 0 Å². The summed E-state index contributed by atoms with van der Waals surface area (Å²) < 4.78 is 13.4. The average Bonchev–Trinajstić information content (AvgIpc) is 3.08. The third kappa shape index (κ3) is 2.68. The lowest BCUT2D eigenvalue weighted by Gasteiger charge is -2.32. The molecular formula is C20H22FN. The van der Waals surface area contributed by atoms with E-state index >= 15 is 0 Å². The van der Waals surface area contributed by atoms with Gasteiger partial charge in [-0.3, -0.25) is 0 Å². The number of hydrogen-bond acceptors (Lipinski definition) is 1. The highest BCUT2D eigenvalue weighted by Gasteiger charge is 2.26. The van der Waals surface area contributed by atoms with E-state index in [0.29, 0.717) is 0 Å². The summed E-state index contributed by atoms with van der Waals surface area (Å²) in [6, 6.07) is 14.3. The lowest BCUT2D eigenvalue weighted by Crippen LogP contribution is -2.37. The van der Waals surface area contributed by atoms with Crippen molar-refractivity contribution in [3.63, 3.8) is 0 Å². The highest BCUT2D eigenvalue weighted by molar-refractivity contribution is 5.65. The number of hydrogen-bond donors (Lipinski definition) is 0. The van der Waals surface area contributed by atoms with Crippen LogP contribution in [0.1, 0.15) is 30.4 Å². The second-order valence-electron chi connectivity index (χ2n) is 6.63. The van der Waals surface area contributed by atoms with Gasteiger partial charge in [0.2, 0.25) is 0 Å². The smallest absolute Gasteiger partial charge is 0.123 e. The van der Waals surface area contributed by atoms with Gasteiger partial charge in [-0.1, -0.05) is 30.3 Å². The first kappa shape index (κ1) is 14.0. The van der Waals surface area contributed by atoms with Crippen molar-refractivity contribution in [2.24, 2.45) is 0 Å². The van der Waals surface area contributed by atoms with Crippen molar-refractivity contribution in [1.82, 2.24) is 4.90 Å². The zero-order valence-corrected chi connectivity index (χ0v) is 12.9. The maximum Gasteiger partial charge on any atom is 0.123 e. The summed E-state index contributed by atoms with van der Waals surface area (Å²) in [5, 5.41) is 0. The van der Waals surface area contributed by atoms with E-state index in [4.69, 9.17) is 0 Å². The predicted octanol–water partition coefficient (Wildman–Crippen LogP) is 4.45. The summed E-state index contributed by atoms with van der Waals surface area (Å²) in [6.45, 7) is 2.56. The van der Waals surface area contributed by atoms with Crippen LogP contribution in [0.3, 0.4) is 0 Å². The first-order chi connectivity index (χ1) is 10.8. The Morgan fingerprint density at radius 2 is 1.73 bits per heavy atom. The fraction of sp³-hybridized carbons (Fsp3) is 0.400. The maximum atomic E-state index is 13.4. The summed E-state index contributed by atoms with van der Waals surface area (Å²) in [5.74, 6) is -0.163. The maximum absolute atomic E-state index is 13.4. The quantitative estimate of drug-likeness (QED) is 0.791. The standard InChI is InChI=1S/C20H22FN/c21-19-5-3-4-15(13-19)16-6-7-18-14-20(9-8-17(18)12-16)22-10-1-2-11-22/h3-7,12-13,20H,1-2,8-11,14H2. The van der Waals surface area contributed by atoms with Gasteiger partial charge >= 0.3 is 0 Å². The summed E-state index contributed by atoms with van der Waals surface area (Å²) >= 11 is 0. The topological polar surface area (TPSA) is 3.24 Å². The van der Waals surface area contributed by atoms with Crippen LogP contribution in [-0.2, 0) is 12.8 Å². The van der Waals surface area contributed by atoms with E-state index in [1.165, 1.54) is 56.0 Å². The van der Waals surface area contributed by atoms with Gasteiger partial charge in [0.1, 0.15) is 5.82 Å². The Labute approximate surface area is 131 Å². The van der Waals surface area contributed by atoms with E-state index in [1.54, 1.807) is 12.1 Å². The second kappa shape index (κ2) is 5.85. The van der Waals surface area contributed by atoms with E-state index in [-0.39, 0.29) is 5.82 Å². The lowest BCUT2D eigenvalue weighted by molar-refractivity contribution is 0.222. The summed E-state index contributed by atoms with van der Waals surface area (Å²) in [7, 11) is 0. The second-order valence-corrected chi connectivity index (χ2v) is 6.63. The molecule has 1 unspecified atom stereocenters. The van der Waals surface area contributed by atoms with Crippen LogP contribution in [0.5, 0.6) is 0 Å². The Bertz CT molecular complexity index is 673. The van der Waals surface area contributed by atoms with Gasteiger partial charge in [-0.25, -0.2) is 4.39 Å². The molecule has 2 heteroatoms. The Kier molecular flexibility index (Phi) is 3.71. The highest BCUT2D eigenvalue weighted by atomic mass is 19.1. The minimum atomic E-state index is -0.163. The van der Waals surface area contributed by atoms with Crippen LogP contribution >= 0.6 is 0 Å².